The smallest absolute Gasteiger partial charge is 0.248 e. The van der Waals surface area contributed by atoms with Gasteiger partial charge in [-0.1, -0.05) is 0 Å². The van der Waals surface area contributed by atoms with E-state index in [2.05, 4.69) is 48.3 Å². The molecule has 230 valence electrons. The van der Waals surface area contributed by atoms with Crippen molar-refractivity contribution in [1.82, 2.24) is 24.8 Å². The number of benzene rings is 2. The van der Waals surface area contributed by atoms with E-state index in [9.17, 15) is 14.4 Å². The zero-order valence-electron chi connectivity index (χ0n) is 24.5. The number of ether oxygens (including phenoxy) is 2. The van der Waals surface area contributed by atoms with Crippen LogP contribution >= 0.6 is 0 Å². The van der Waals surface area contributed by atoms with E-state index < -0.39 is 24.8 Å². The number of nitrogens with one attached hydrogen (secondary N) is 1. The van der Waals surface area contributed by atoms with Gasteiger partial charge in [0.05, 0.1) is 31.4 Å². The molecule has 3 aliphatic heterocycles. The van der Waals surface area contributed by atoms with Gasteiger partial charge in [-0.05, 0) is 49.4 Å². The van der Waals surface area contributed by atoms with Gasteiger partial charge in [-0.2, -0.15) is 10.2 Å². The molecule has 12 nitrogen and oxygen atoms in total. The lowest BCUT2D eigenvalue weighted by Gasteiger charge is -2.43. The molecule has 0 unspecified atom stereocenters. The summed E-state index contributed by atoms with van der Waals surface area (Å²) in [6.45, 7) is 6.64. The summed E-state index contributed by atoms with van der Waals surface area (Å²) in [5.74, 6) is 0.443. The molecule has 0 bridgehead atoms. The topological polar surface area (TPSA) is 140 Å². The van der Waals surface area contributed by atoms with E-state index >= 15 is 0 Å². The van der Waals surface area contributed by atoms with Crippen LogP contribution in [0.25, 0.3) is 11.4 Å². The normalized spacial score (nSPS) is 22.6. The standard InChI is InChI=1S/C31H35FN8O4/c1-20-12-28(26(32)15-40(20)29(42)16-41)44-27-7-2-21(13-22(27)14-33)30-34-19-35-31(37-30)36-23-3-5-24(6-4-23)38-8-10-39(11-9-38)25-17-43-18-25/h2-7,13,19-20,25-26,28,41H,8-12,15-18H2,1H3,(H,34,35,36,37)/t20-,26+,28-/m0/s1. The average Bonchev–Trinajstić information content (AvgIpc) is 3.02. The Kier molecular flexibility index (Phi) is 8.83. The number of hydrogen-bond acceptors (Lipinski definition) is 11. The van der Waals surface area contributed by atoms with Crippen molar-refractivity contribution in [2.24, 2.45) is 0 Å². The highest BCUT2D eigenvalue weighted by Crippen LogP contribution is 2.30. The molecule has 1 amide bonds. The molecule has 6 rings (SSSR count). The number of hydrogen-bond donors (Lipinski definition) is 2. The predicted octanol–water partition coefficient (Wildman–Crippen LogP) is 2.37. The molecule has 0 saturated carbocycles. The summed E-state index contributed by atoms with van der Waals surface area (Å²) in [6.07, 6.45) is -0.664. The molecule has 3 fully saturated rings. The third-order valence-corrected chi connectivity index (χ3v) is 8.48. The largest absolute Gasteiger partial charge is 0.486 e. The van der Waals surface area contributed by atoms with E-state index in [1.165, 1.54) is 16.9 Å². The number of nitrogens with zero attached hydrogens (tertiary/aromatic N) is 7. The van der Waals surface area contributed by atoms with Crippen LogP contribution in [-0.4, -0.2) is 113 Å². The molecule has 13 heteroatoms. The van der Waals surface area contributed by atoms with Gasteiger partial charge in [0.2, 0.25) is 11.9 Å². The van der Waals surface area contributed by atoms with Crippen molar-refractivity contribution in [3.8, 4) is 23.2 Å². The SMILES string of the molecule is C[C@H]1C[C@H](Oc2ccc(-c3ncnc(Nc4ccc(N5CCN(C6COC6)CC5)cc4)n3)cc2C#N)[C@H](F)CN1C(=O)CO. The van der Waals surface area contributed by atoms with Gasteiger partial charge in [-0.15, -0.1) is 0 Å². The fourth-order valence-electron chi connectivity index (χ4n) is 5.84. The maximum atomic E-state index is 14.9. The number of amides is 1. The first kappa shape index (κ1) is 29.7. The lowest BCUT2D eigenvalue weighted by molar-refractivity contribution is -0.141. The second-order valence-electron chi connectivity index (χ2n) is 11.3. The van der Waals surface area contributed by atoms with Crippen LogP contribution in [0, 0.1) is 11.3 Å². The minimum Gasteiger partial charge on any atom is -0.486 e. The summed E-state index contributed by atoms with van der Waals surface area (Å²) in [5, 5.41) is 22.2. The molecule has 3 aliphatic rings. The van der Waals surface area contributed by atoms with E-state index in [-0.39, 0.29) is 30.3 Å². The molecule has 4 heterocycles. The molecule has 3 saturated heterocycles. The van der Waals surface area contributed by atoms with Crippen molar-refractivity contribution in [2.45, 2.75) is 37.7 Å². The van der Waals surface area contributed by atoms with Crippen LogP contribution in [-0.2, 0) is 9.53 Å². The molecule has 1 aromatic heterocycles. The van der Waals surface area contributed by atoms with Crippen molar-refractivity contribution >= 4 is 23.2 Å². The average molecular weight is 603 g/mol. The molecule has 3 aromatic rings. The van der Waals surface area contributed by atoms with E-state index in [1.54, 1.807) is 25.1 Å². The maximum absolute atomic E-state index is 14.9. The quantitative estimate of drug-likeness (QED) is 0.393. The highest BCUT2D eigenvalue weighted by atomic mass is 19.1. The first-order chi connectivity index (χ1) is 21.4. The monoisotopic (exact) mass is 602 g/mol. The summed E-state index contributed by atoms with van der Waals surface area (Å²) >= 11 is 0. The number of likely N-dealkylation sites (tertiary alicyclic amines) is 1. The van der Waals surface area contributed by atoms with Crippen molar-refractivity contribution in [2.75, 3.05) is 62.8 Å². The molecule has 2 N–H and O–H groups in total. The third-order valence-electron chi connectivity index (χ3n) is 8.48. The van der Waals surface area contributed by atoms with Crippen LogP contribution in [0.5, 0.6) is 5.75 Å². The van der Waals surface area contributed by atoms with E-state index in [0.717, 1.165) is 45.1 Å². The van der Waals surface area contributed by atoms with Crippen LogP contribution in [0.2, 0.25) is 0 Å². The summed E-state index contributed by atoms with van der Waals surface area (Å²) in [7, 11) is 0. The lowest BCUT2D eigenvalue weighted by atomic mass is 9.98. The first-order valence-corrected chi connectivity index (χ1v) is 14.8. The second-order valence-corrected chi connectivity index (χ2v) is 11.3. The Bertz CT molecular complexity index is 1510. The molecule has 44 heavy (non-hydrogen) atoms. The van der Waals surface area contributed by atoms with Gasteiger partial charge in [0.25, 0.3) is 0 Å². The van der Waals surface area contributed by atoms with Crippen LogP contribution in [0.15, 0.2) is 48.8 Å². The van der Waals surface area contributed by atoms with Gasteiger partial charge in [0.15, 0.2) is 12.0 Å². The van der Waals surface area contributed by atoms with Gasteiger partial charge in [0.1, 0.15) is 30.9 Å². The molecule has 2 aromatic carbocycles. The Morgan fingerprint density at radius 1 is 1.16 bits per heavy atom. The maximum Gasteiger partial charge on any atom is 0.248 e. The highest BCUT2D eigenvalue weighted by Gasteiger charge is 2.37. The van der Waals surface area contributed by atoms with E-state index in [0.29, 0.717) is 23.4 Å². The molecular weight excluding hydrogens is 567 g/mol. The Morgan fingerprint density at radius 2 is 1.93 bits per heavy atom. The van der Waals surface area contributed by atoms with E-state index in [4.69, 9.17) is 14.6 Å². The highest BCUT2D eigenvalue weighted by molar-refractivity contribution is 5.77. The predicted molar refractivity (Wildman–Crippen MR) is 160 cm³/mol. The van der Waals surface area contributed by atoms with Crippen molar-refractivity contribution in [3.05, 3.63) is 54.4 Å². The number of piperidine rings is 1. The van der Waals surface area contributed by atoms with Gasteiger partial charge in [-0.25, -0.2) is 14.4 Å². The number of nitriles is 1. The van der Waals surface area contributed by atoms with Crippen LogP contribution in [0.3, 0.4) is 0 Å². The first-order valence-electron chi connectivity index (χ1n) is 14.8. The summed E-state index contributed by atoms with van der Waals surface area (Å²) in [5.41, 5.74) is 2.79. The molecule has 3 atom stereocenters. The zero-order chi connectivity index (χ0) is 30.6. The number of aliphatic hydroxyl groups excluding tert-OH is 1. The number of carbonyl (C=O) groups is 1. The van der Waals surface area contributed by atoms with Gasteiger partial charge in [-0.3, -0.25) is 9.69 Å². The molecule has 0 radical (unpaired) electrons. The van der Waals surface area contributed by atoms with Crippen molar-refractivity contribution < 1.29 is 23.8 Å². The van der Waals surface area contributed by atoms with E-state index in [1.807, 2.05) is 12.1 Å². The Morgan fingerprint density at radius 3 is 2.61 bits per heavy atom. The summed E-state index contributed by atoms with van der Waals surface area (Å²) in [4.78, 5) is 31.2. The van der Waals surface area contributed by atoms with Crippen molar-refractivity contribution in [3.63, 3.8) is 0 Å². The zero-order valence-corrected chi connectivity index (χ0v) is 24.5. The fourth-order valence-corrected chi connectivity index (χ4v) is 5.84. The lowest BCUT2D eigenvalue weighted by Crippen LogP contribution is -2.56. The van der Waals surface area contributed by atoms with Gasteiger partial charge >= 0.3 is 0 Å². The number of aliphatic hydroxyl groups is 1. The minimum atomic E-state index is -1.46. The second kappa shape index (κ2) is 13.1. The molecular formula is C31H35FN8O4. The Balaban J connectivity index is 1.09. The molecule has 0 aliphatic carbocycles. The minimum absolute atomic E-state index is 0.178. The number of rotatable bonds is 8. The van der Waals surface area contributed by atoms with Gasteiger partial charge < -0.3 is 29.7 Å². The molecule has 0 spiro atoms. The number of piperazine rings is 1. The Hall–Kier alpha value is -4.38. The Labute approximate surface area is 255 Å². The summed E-state index contributed by atoms with van der Waals surface area (Å²) in [6, 6.07) is 15.4. The number of halogens is 1. The van der Waals surface area contributed by atoms with Crippen LogP contribution < -0.4 is 15.0 Å². The number of carbonyl (C=O) groups excluding carboxylic acids is 1. The number of anilines is 3. The van der Waals surface area contributed by atoms with Crippen molar-refractivity contribution in [1.29, 1.82) is 5.26 Å². The number of alkyl halides is 1. The third kappa shape index (κ3) is 6.42. The fraction of sp³-hybridized carbons (Fsp3) is 0.452. The summed E-state index contributed by atoms with van der Waals surface area (Å²) < 4.78 is 26.2. The van der Waals surface area contributed by atoms with Gasteiger partial charge in [0, 0.05) is 55.6 Å². The van der Waals surface area contributed by atoms with Crippen LogP contribution in [0.4, 0.5) is 21.7 Å². The van der Waals surface area contributed by atoms with Crippen LogP contribution in [0.1, 0.15) is 18.9 Å². The number of aromatic nitrogens is 3.